The van der Waals surface area contributed by atoms with Crippen molar-refractivity contribution in [2.75, 3.05) is 7.11 Å². The van der Waals surface area contributed by atoms with Gasteiger partial charge in [0.15, 0.2) is 0 Å². The van der Waals surface area contributed by atoms with Crippen LogP contribution >= 0.6 is 0 Å². The molecule has 26 heavy (non-hydrogen) atoms. The molecule has 0 spiro atoms. The summed E-state index contributed by atoms with van der Waals surface area (Å²) in [6, 6.07) is 14.3. The van der Waals surface area contributed by atoms with Gasteiger partial charge in [-0.25, -0.2) is 4.98 Å². The Kier molecular flexibility index (Phi) is 3.69. The smallest absolute Gasteiger partial charge is 0.270 e. The number of aromatic nitrogens is 3. The van der Waals surface area contributed by atoms with Crippen LogP contribution in [-0.4, -0.2) is 26.0 Å². The number of nitro benzene ring substituents is 1. The molecule has 7 heteroatoms. The van der Waals surface area contributed by atoms with Crippen molar-refractivity contribution in [2.24, 2.45) is 7.05 Å². The fourth-order valence-electron chi connectivity index (χ4n) is 3.02. The summed E-state index contributed by atoms with van der Waals surface area (Å²) in [6.45, 7) is 0. The van der Waals surface area contributed by atoms with E-state index in [4.69, 9.17) is 4.74 Å². The number of methoxy groups -OCH3 is 1. The number of hydrogen-bond acceptors (Lipinski definition) is 4. The molecule has 0 radical (unpaired) electrons. The Bertz CT molecular complexity index is 1130. The Morgan fingerprint density at radius 3 is 2.58 bits per heavy atom. The Balaban J connectivity index is 1.78. The van der Waals surface area contributed by atoms with Crippen LogP contribution in [0, 0.1) is 10.1 Å². The third-order valence-corrected chi connectivity index (χ3v) is 4.35. The molecule has 2 aromatic heterocycles. The summed E-state index contributed by atoms with van der Waals surface area (Å²) in [5, 5.41) is 11.0. The summed E-state index contributed by atoms with van der Waals surface area (Å²) < 4.78 is 9.19. The highest BCUT2D eigenvalue weighted by molar-refractivity contribution is 5.68. The Morgan fingerprint density at radius 2 is 1.85 bits per heavy atom. The van der Waals surface area contributed by atoms with Crippen molar-refractivity contribution >= 4 is 11.5 Å². The van der Waals surface area contributed by atoms with Gasteiger partial charge >= 0.3 is 0 Å². The zero-order valence-corrected chi connectivity index (χ0v) is 14.3. The number of nitro groups is 1. The molecule has 0 amide bonds. The van der Waals surface area contributed by atoms with E-state index in [9.17, 15) is 10.1 Å². The fourth-order valence-corrected chi connectivity index (χ4v) is 3.02. The summed E-state index contributed by atoms with van der Waals surface area (Å²) in [4.78, 5) is 15.2. The first kappa shape index (κ1) is 15.9. The predicted octanol–water partition coefficient (Wildman–Crippen LogP) is 3.92. The van der Waals surface area contributed by atoms with E-state index >= 15 is 0 Å². The monoisotopic (exact) mass is 348 g/mol. The average Bonchev–Trinajstić information content (AvgIpc) is 3.21. The molecule has 0 aliphatic carbocycles. The van der Waals surface area contributed by atoms with Gasteiger partial charge in [0, 0.05) is 42.7 Å². The van der Waals surface area contributed by atoms with Crippen LogP contribution in [0.5, 0.6) is 5.75 Å². The fraction of sp³-hybridized carbons (Fsp3) is 0.105. The van der Waals surface area contributed by atoms with Crippen molar-refractivity contribution in [3.8, 4) is 28.3 Å². The molecule has 4 rings (SSSR count). The lowest BCUT2D eigenvalue weighted by Crippen LogP contribution is -1.93. The van der Waals surface area contributed by atoms with E-state index in [0.29, 0.717) is 11.3 Å². The van der Waals surface area contributed by atoms with E-state index in [2.05, 4.69) is 4.98 Å². The number of benzene rings is 2. The molecule has 130 valence electrons. The van der Waals surface area contributed by atoms with Crippen molar-refractivity contribution in [3.05, 3.63) is 71.0 Å². The summed E-state index contributed by atoms with van der Waals surface area (Å²) in [5.74, 6) is 1.54. The van der Waals surface area contributed by atoms with Gasteiger partial charge in [0.1, 0.15) is 5.75 Å². The van der Waals surface area contributed by atoms with Crippen molar-refractivity contribution in [2.45, 2.75) is 0 Å². The highest BCUT2D eigenvalue weighted by Crippen LogP contribution is 2.28. The number of hydrogen-bond donors (Lipinski definition) is 0. The second-order valence-electron chi connectivity index (χ2n) is 5.95. The number of fused-ring (bicyclic) bond motifs is 1. The minimum absolute atomic E-state index is 0.0524. The Morgan fingerprint density at radius 1 is 1.08 bits per heavy atom. The topological polar surface area (TPSA) is 74.6 Å². The molecule has 0 bridgehead atoms. The van der Waals surface area contributed by atoms with E-state index < -0.39 is 4.92 Å². The lowest BCUT2D eigenvalue weighted by atomic mass is 10.1. The lowest BCUT2D eigenvalue weighted by molar-refractivity contribution is -0.384. The Hall–Kier alpha value is -3.61. The standard InChI is InChI=1S/C19H16N4O3/c1-21-18(14-6-4-8-16(10-14)26-2)12-22-11-17(20-19(21)22)13-5-3-7-15(9-13)23(24)25/h3-12H,1-2H3. The van der Waals surface area contributed by atoms with Crippen molar-refractivity contribution < 1.29 is 9.66 Å². The van der Waals surface area contributed by atoms with Gasteiger partial charge in [-0.3, -0.25) is 14.5 Å². The summed E-state index contributed by atoms with van der Waals surface area (Å²) in [6.07, 6.45) is 3.86. The number of rotatable bonds is 4. The van der Waals surface area contributed by atoms with Gasteiger partial charge in [0.05, 0.1) is 23.4 Å². The summed E-state index contributed by atoms with van der Waals surface area (Å²) in [5.41, 5.74) is 3.48. The number of ether oxygens (including phenoxy) is 1. The SMILES string of the molecule is COc1cccc(-c2cn3cc(-c4cccc([N+](=O)[O-])c4)nc3n2C)c1. The first-order chi connectivity index (χ1) is 12.6. The van der Waals surface area contributed by atoms with Crippen LogP contribution in [0.3, 0.4) is 0 Å². The average molecular weight is 348 g/mol. The van der Waals surface area contributed by atoms with Crippen LogP contribution in [0.25, 0.3) is 28.3 Å². The molecule has 0 atom stereocenters. The normalized spacial score (nSPS) is 11.0. The van der Waals surface area contributed by atoms with Gasteiger partial charge in [-0.05, 0) is 12.1 Å². The predicted molar refractivity (Wildman–Crippen MR) is 98.2 cm³/mol. The third kappa shape index (κ3) is 2.59. The molecule has 0 unspecified atom stereocenters. The maximum atomic E-state index is 11.0. The van der Waals surface area contributed by atoms with E-state index in [1.807, 2.05) is 58.7 Å². The third-order valence-electron chi connectivity index (χ3n) is 4.35. The lowest BCUT2D eigenvalue weighted by Gasteiger charge is -2.05. The molecule has 4 aromatic rings. The van der Waals surface area contributed by atoms with E-state index in [1.54, 1.807) is 13.2 Å². The minimum Gasteiger partial charge on any atom is -0.497 e. The van der Waals surface area contributed by atoms with Crippen molar-refractivity contribution in [1.29, 1.82) is 0 Å². The molecule has 0 saturated heterocycles. The maximum absolute atomic E-state index is 11.0. The van der Waals surface area contributed by atoms with Gasteiger partial charge in [-0.15, -0.1) is 0 Å². The van der Waals surface area contributed by atoms with Crippen LogP contribution in [0.4, 0.5) is 5.69 Å². The van der Waals surface area contributed by atoms with Crippen molar-refractivity contribution in [3.63, 3.8) is 0 Å². The zero-order valence-electron chi connectivity index (χ0n) is 14.3. The van der Waals surface area contributed by atoms with Gasteiger partial charge < -0.3 is 9.30 Å². The molecule has 0 aliphatic heterocycles. The number of non-ortho nitro benzene ring substituents is 1. The number of aryl methyl sites for hydroxylation is 1. The zero-order chi connectivity index (χ0) is 18.3. The molecule has 2 aromatic carbocycles. The molecule has 0 N–H and O–H groups in total. The molecule has 0 fully saturated rings. The maximum Gasteiger partial charge on any atom is 0.270 e. The second kappa shape index (κ2) is 6.03. The van der Waals surface area contributed by atoms with E-state index in [1.165, 1.54) is 12.1 Å². The summed E-state index contributed by atoms with van der Waals surface area (Å²) >= 11 is 0. The Labute approximate surface area is 149 Å². The molecule has 0 saturated carbocycles. The van der Waals surface area contributed by atoms with Crippen LogP contribution < -0.4 is 4.74 Å². The second-order valence-corrected chi connectivity index (χ2v) is 5.95. The first-order valence-corrected chi connectivity index (χ1v) is 8.00. The molecule has 7 nitrogen and oxygen atoms in total. The van der Waals surface area contributed by atoms with Gasteiger partial charge in [0.25, 0.3) is 5.69 Å². The van der Waals surface area contributed by atoms with Crippen LogP contribution in [0.15, 0.2) is 60.9 Å². The molecular formula is C19H16N4O3. The highest BCUT2D eigenvalue weighted by Gasteiger charge is 2.14. The molecular weight excluding hydrogens is 332 g/mol. The number of imidazole rings is 2. The van der Waals surface area contributed by atoms with E-state index in [-0.39, 0.29) is 5.69 Å². The van der Waals surface area contributed by atoms with Crippen LogP contribution in [0.1, 0.15) is 0 Å². The molecule has 0 aliphatic rings. The van der Waals surface area contributed by atoms with Crippen LogP contribution in [0.2, 0.25) is 0 Å². The van der Waals surface area contributed by atoms with Crippen molar-refractivity contribution in [1.82, 2.24) is 14.0 Å². The van der Waals surface area contributed by atoms with Crippen LogP contribution in [-0.2, 0) is 7.05 Å². The molecule has 2 heterocycles. The minimum atomic E-state index is -0.403. The largest absolute Gasteiger partial charge is 0.497 e. The van der Waals surface area contributed by atoms with E-state index in [0.717, 1.165) is 22.8 Å². The van der Waals surface area contributed by atoms with Gasteiger partial charge in [-0.1, -0.05) is 24.3 Å². The number of nitrogens with zero attached hydrogens (tertiary/aromatic N) is 4. The first-order valence-electron chi connectivity index (χ1n) is 8.00. The summed E-state index contributed by atoms with van der Waals surface area (Å²) in [7, 11) is 3.58. The van der Waals surface area contributed by atoms with Gasteiger partial charge in [0.2, 0.25) is 5.78 Å². The van der Waals surface area contributed by atoms with Gasteiger partial charge in [-0.2, -0.15) is 0 Å². The quantitative estimate of drug-likeness (QED) is 0.414. The highest BCUT2D eigenvalue weighted by atomic mass is 16.6.